The van der Waals surface area contributed by atoms with Gasteiger partial charge in [0.2, 0.25) is 0 Å². The predicted molar refractivity (Wildman–Crippen MR) is 137 cm³/mol. The quantitative estimate of drug-likeness (QED) is 0.350. The first kappa shape index (κ1) is 23.9. The first-order valence-electron chi connectivity index (χ1n) is 13.1. The molecule has 0 bridgehead atoms. The summed E-state index contributed by atoms with van der Waals surface area (Å²) >= 11 is 6.38. The van der Waals surface area contributed by atoms with E-state index in [1.807, 2.05) is 12.1 Å². The Bertz CT molecular complexity index is 1000. The zero-order chi connectivity index (χ0) is 23.5. The summed E-state index contributed by atoms with van der Waals surface area (Å²) < 4.78 is 26.0. The maximum atomic E-state index is 14.6. The standard InChI is InChI=1S/C30H36ClFO2/c1-2-3-20-4-8-22(9-5-20)23-12-14-25(15-13-23)33-18-21-6-10-24(11-7-21)26-16-17-27(28-19-34-28)30(32)29(26)31/h10,12-17,20-22,28H,2-9,11,18-19H2,1H3. The molecule has 2 atom stereocenters. The number of benzene rings is 2. The van der Waals surface area contributed by atoms with Crippen LogP contribution < -0.4 is 4.74 Å². The van der Waals surface area contributed by atoms with Gasteiger partial charge in [-0.25, -0.2) is 4.39 Å². The summed E-state index contributed by atoms with van der Waals surface area (Å²) in [5.74, 6) is 2.76. The highest BCUT2D eigenvalue weighted by molar-refractivity contribution is 6.32. The zero-order valence-electron chi connectivity index (χ0n) is 20.2. The Morgan fingerprint density at radius 3 is 2.41 bits per heavy atom. The Balaban J connectivity index is 1.11. The molecular formula is C30H36ClFO2. The molecule has 2 aromatic rings. The Hall–Kier alpha value is -1.84. The maximum absolute atomic E-state index is 14.6. The molecule has 0 N–H and O–H groups in total. The minimum atomic E-state index is -0.328. The molecule has 2 aliphatic carbocycles. The lowest BCUT2D eigenvalue weighted by molar-refractivity contribution is 0.240. The molecular weight excluding hydrogens is 447 g/mol. The number of epoxide rings is 1. The van der Waals surface area contributed by atoms with E-state index in [4.69, 9.17) is 21.1 Å². The average Bonchev–Trinajstić information content (AvgIpc) is 3.71. The van der Waals surface area contributed by atoms with Crippen LogP contribution in [-0.4, -0.2) is 13.2 Å². The van der Waals surface area contributed by atoms with Gasteiger partial charge in [-0.05, 0) is 91.5 Å². The Morgan fingerprint density at radius 2 is 1.76 bits per heavy atom. The lowest BCUT2D eigenvalue weighted by atomic mass is 9.77. The monoisotopic (exact) mass is 482 g/mol. The van der Waals surface area contributed by atoms with Crippen molar-refractivity contribution in [3.63, 3.8) is 0 Å². The summed E-state index contributed by atoms with van der Waals surface area (Å²) in [5, 5.41) is 0.230. The summed E-state index contributed by atoms with van der Waals surface area (Å²) in [4.78, 5) is 0. The number of allylic oxidation sites excluding steroid dienone is 2. The van der Waals surface area contributed by atoms with Crippen molar-refractivity contribution in [2.45, 2.75) is 76.7 Å². The van der Waals surface area contributed by atoms with Crippen molar-refractivity contribution in [2.24, 2.45) is 11.8 Å². The van der Waals surface area contributed by atoms with Gasteiger partial charge in [-0.2, -0.15) is 0 Å². The molecule has 1 aliphatic heterocycles. The molecule has 4 heteroatoms. The number of rotatable bonds is 8. The van der Waals surface area contributed by atoms with Gasteiger partial charge < -0.3 is 9.47 Å². The van der Waals surface area contributed by atoms with Crippen molar-refractivity contribution in [1.82, 2.24) is 0 Å². The number of hydrogen-bond donors (Lipinski definition) is 0. The predicted octanol–water partition coefficient (Wildman–Crippen LogP) is 8.89. The minimum Gasteiger partial charge on any atom is -0.493 e. The van der Waals surface area contributed by atoms with E-state index in [0.717, 1.165) is 42.1 Å². The van der Waals surface area contributed by atoms with Crippen LogP contribution in [0.15, 0.2) is 42.5 Å². The molecule has 2 fully saturated rings. The highest BCUT2D eigenvalue weighted by Crippen LogP contribution is 2.40. The lowest BCUT2D eigenvalue weighted by Gasteiger charge is -2.28. The van der Waals surface area contributed by atoms with E-state index in [9.17, 15) is 4.39 Å². The second kappa shape index (κ2) is 10.8. The van der Waals surface area contributed by atoms with Crippen LogP contribution in [-0.2, 0) is 4.74 Å². The van der Waals surface area contributed by atoms with Crippen LogP contribution in [0.1, 0.15) is 93.4 Å². The number of hydrogen-bond acceptors (Lipinski definition) is 2. The third kappa shape index (κ3) is 5.52. The van der Waals surface area contributed by atoms with Crippen LogP contribution in [0.25, 0.3) is 5.57 Å². The molecule has 0 radical (unpaired) electrons. The van der Waals surface area contributed by atoms with E-state index in [1.54, 1.807) is 0 Å². The molecule has 0 spiro atoms. The Labute approximate surface area is 208 Å². The largest absolute Gasteiger partial charge is 0.493 e. The van der Waals surface area contributed by atoms with E-state index >= 15 is 0 Å². The first-order chi connectivity index (χ1) is 16.6. The molecule has 182 valence electrons. The van der Waals surface area contributed by atoms with Crippen molar-refractivity contribution < 1.29 is 13.9 Å². The Kier molecular flexibility index (Phi) is 7.61. The number of ether oxygens (including phenoxy) is 2. The maximum Gasteiger partial charge on any atom is 0.148 e. The molecule has 0 amide bonds. The molecule has 1 saturated carbocycles. The summed E-state index contributed by atoms with van der Waals surface area (Å²) in [5.41, 5.74) is 4.01. The van der Waals surface area contributed by atoms with Gasteiger partial charge in [-0.15, -0.1) is 0 Å². The van der Waals surface area contributed by atoms with Gasteiger partial charge >= 0.3 is 0 Å². The highest BCUT2D eigenvalue weighted by Gasteiger charge is 2.30. The third-order valence-electron chi connectivity index (χ3n) is 8.04. The van der Waals surface area contributed by atoms with Crippen LogP contribution in [0.2, 0.25) is 5.02 Å². The van der Waals surface area contributed by atoms with E-state index in [1.165, 1.54) is 44.1 Å². The molecule has 0 aromatic heterocycles. The fourth-order valence-corrected chi connectivity index (χ4v) is 6.11. The van der Waals surface area contributed by atoms with Crippen molar-refractivity contribution in [2.75, 3.05) is 13.2 Å². The van der Waals surface area contributed by atoms with Gasteiger partial charge in [0.05, 0.1) is 18.2 Å². The third-order valence-corrected chi connectivity index (χ3v) is 8.41. The summed E-state index contributed by atoms with van der Waals surface area (Å²) in [6.45, 7) is 3.60. The van der Waals surface area contributed by atoms with Crippen LogP contribution in [0.5, 0.6) is 5.75 Å². The molecule has 2 unspecified atom stereocenters. The summed E-state index contributed by atoms with van der Waals surface area (Å²) in [6.07, 6.45) is 13.1. The molecule has 1 heterocycles. The fourth-order valence-electron chi connectivity index (χ4n) is 5.82. The van der Waals surface area contributed by atoms with Crippen molar-refractivity contribution in [3.05, 3.63) is 70.0 Å². The SMILES string of the molecule is CCCC1CCC(c2ccc(OCC3CC=C(c4ccc(C5CO5)c(F)c4Cl)CC3)cc2)CC1. The van der Waals surface area contributed by atoms with Gasteiger partial charge in [0.25, 0.3) is 0 Å². The van der Waals surface area contributed by atoms with Gasteiger partial charge in [0, 0.05) is 5.56 Å². The molecule has 2 nitrogen and oxygen atoms in total. The fraction of sp³-hybridized carbons (Fsp3) is 0.533. The van der Waals surface area contributed by atoms with Gasteiger partial charge in [0.1, 0.15) is 17.7 Å². The van der Waals surface area contributed by atoms with Crippen molar-refractivity contribution >= 4 is 17.2 Å². The summed E-state index contributed by atoms with van der Waals surface area (Å²) in [6, 6.07) is 12.6. The van der Waals surface area contributed by atoms with Crippen LogP contribution in [0, 0.1) is 17.7 Å². The van der Waals surface area contributed by atoms with Crippen LogP contribution in [0.3, 0.4) is 0 Å². The average molecular weight is 483 g/mol. The van der Waals surface area contributed by atoms with Crippen molar-refractivity contribution in [3.8, 4) is 5.75 Å². The van der Waals surface area contributed by atoms with E-state index < -0.39 is 0 Å². The molecule has 2 aromatic carbocycles. The smallest absolute Gasteiger partial charge is 0.148 e. The topological polar surface area (TPSA) is 21.8 Å². The molecule has 1 saturated heterocycles. The second-order valence-electron chi connectivity index (χ2n) is 10.4. The van der Waals surface area contributed by atoms with Gasteiger partial charge in [-0.3, -0.25) is 0 Å². The zero-order valence-corrected chi connectivity index (χ0v) is 21.0. The highest BCUT2D eigenvalue weighted by atomic mass is 35.5. The summed E-state index contributed by atoms with van der Waals surface area (Å²) in [7, 11) is 0. The second-order valence-corrected chi connectivity index (χ2v) is 10.8. The number of halogens is 2. The van der Waals surface area contributed by atoms with Crippen LogP contribution in [0.4, 0.5) is 4.39 Å². The molecule has 34 heavy (non-hydrogen) atoms. The molecule has 5 rings (SSSR count). The van der Waals surface area contributed by atoms with Gasteiger partial charge in [0.15, 0.2) is 0 Å². The van der Waals surface area contributed by atoms with E-state index in [2.05, 4.69) is 37.3 Å². The molecule has 3 aliphatic rings. The minimum absolute atomic E-state index is 0.122. The Morgan fingerprint density at radius 1 is 1.00 bits per heavy atom. The lowest BCUT2D eigenvalue weighted by Crippen LogP contribution is -2.15. The van der Waals surface area contributed by atoms with Crippen molar-refractivity contribution in [1.29, 1.82) is 0 Å². The van der Waals surface area contributed by atoms with Crippen LogP contribution >= 0.6 is 11.6 Å². The van der Waals surface area contributed by atoms with E-state index in [-0.39, 0.29) is 16.9 Å². The van der Waals surface area contributed by atoms with Gasteiger partial charge in [-0.1, -0.05) is 61.7 Å². The van der Waals surface area contributed by atoms with E-state index in [0.29, 0.717) is 30.6 Å². The first-order valence-corrected chi connectivity index (χ1v) is 13.5. The normalized spacial score (nSPS) is 26.7.